The van der Waals surface area contributed by atoms with E-state index in [1.165, 1.54) is 6.07 Å². The van der Waals surface area contributed by atoms with Crippen LogP contribution in [0.4, 0.5) is 5.69 Å². The lowest BCUT2D eigenvalue weighted by atomic mass is 10.1. The van der Waals surface area contributed by atoms with Crippen LogP contribution in [0, 0.1) is 10.1 Å². The summed E-state index contributed by atoms with van der Waals surface area (Å²) in [6, 6.07) is 2.21. The fourth-order valence-electron chi connectivity index (χ4n) is 1.02. The Morgan fingerprint density at radius 1 is 1.57 bits per heavy atom. The fourth-order valence-corrected chi connectivity index (χ4v) is 1.26. The summed E-state index contributed by atoms with van der Waals surface area (Å²) in [5.74, 6) is -0.116. The number of aromatic hydroxyl groups is 1. The number of phenolic OH excluding ortho intramolecular Hbond substituents is 1. The minimum Gasteiger partial charge on any atom is -0.507 e. The molecule has 0 aliphatic heterocycles. The van der Waals surface area contributed by atoms with Gasteiger partial charge in [0.2, 0.25) is 0 Å². The third-order valence-electron chi connectivity index (χ3n) is 1.71. The van der Waals surface area contributed by atoms with Crippen LogP contribution in [-0.4, -0.2) is 16.3 Å². The normalized spacial score (nSPS) is 9.79. The van der Waals surface area contributed by atoms with Crippen LogP contribution >= 0.6 is 12.6 Å². The van der Waals surface area contributed by atoms with Gasteiger partial charge in [0.05, 0.1) is 10.5 Å². The molecule has 14 heavy (non-hydrogen) atoms. The summed E-state index contributed by atoms with van der Waals surface area (Å²) in [7, 11) is 0. The molecule has 1 aromatic rings. The molecule has 6 heteroatoms. The van der Waals surface area contributed by atoms with Crippen LogP contribution in [0.1, 0.15) is 15.9 Å². The number of hydrogen-bond acceptors (Lipinski definition) is 5. The molecule has 0 aromatic heterocycles. The molecule has 0 saturated carbocycles. The minimum atomic E-state index is -0.626. The summed E-state index contributed by atoms with van der Waals surface area (Å²) >= 11 is 3.88. The van der Waals surface area contributed by atoms with Crippen LogP contribution in [0.25, 0.3) is 0 Å². The smallest absolute Gasteiger partial charge is 0.270 e. The highest BCUT2D eigenvalue weighted by molar-refractivity contribution is 7.79. The van der Waals surface area contributed by atoms with Gasteiger partial charge >= 0.3 is 0 Å². The van der Waals surface area contributed by atoms with E-state index >= 15 is 0 Å². The highest BCUT2D eigenvalue weighted by Crippen LogP contribution is 2.28. The molecular weight excluding hydrogens is 206 g/mol. The Labute approximate surface area is 84.9 Å². The molecule has 0 bridgehead atoms. The lowest BCUT2D eigenvalue weighted by Crippen LogP contribution is -1.94. The maximum absolute atomic E-state index is 10.5. The first-order valence-corrected chi connectivity index (χ1v) is 4.29. The molecular formula is C8H7NO4S. The Hall–Kier alpha value is -1.56. The highest BCUT2D eigenvalue weighted by Gasteiger charge is 2.14. The van der Waals surface area contributed by atoms with Crippen molar-refractivity contribution in [1.82, 2.24) is 0 Å². The second-order valence-corrected chi connectivity index (χ2v) is 2.89. The summed E-state index contributed by atoms with van der Waals surface area (Å²) in [4.78, 5) is 20.3. The van der Waals surface area contributed by atoms with E-state index in [0.29, 0.717) is 6.29 Å². The molecule has 0 aliphatic rings. The van der Waals surface area contributed by atoms with E-state index in [4.69, 9.17) is 0 Å². The van der Waals surface area contributed by atoms with Crippen molar-refractivity contribution in [2.24, 2.45) is 0 Å². The molecule has 0 radical (unpaired) electrons. The van der Waals surface area contributed by atoms with Crippen LogP contribution < -0.4 is 0 Å². The third kappa shape index (κ3) is 1.85. The maximum Gasteiger partial charge on any atom is 0.270 e. The van der Waals surface area contributed by atoms with Crippen molar-refractivity contribution in [3.63, 3.8) is 0 Å². The first-order valence-electron chi connectivity index (χ1n) is 3.66. The number of benzene rings is 1. The van der Waals surface area contributed by atoms with E-state index in [1.54, 1.807) is 0 Å². The number of rotatable bonds is 3. The summed E-state index contributed by atoms with van der Waals surface area (Å²) in [6.45, 7) is 0. The monoisotopic (exact) mass is 213 g/mol. The minimum absolute atomic E-state index is 0.0942. The lowest BCUT2D eigenvalue weighted by molar-refractivity contribution is -0.384. The number of phenols is 1. The first kappa shape index (κ1) is 10.5. The third-order valence-corrected chi connectivity index (χ3v) is 2.05. The number of aldehydes is 1. The molecule has 1 N–H and O–H groups in total. The van der Waals surface area contributed by atoms with Gasteiger partial charge in [0.25, 0.3) is 5.69 Å². The van der Waals surface area contributed by atoms with Gasteiger partial charge in [-0.05, 0) is 0 Å². The number of hydrogen-bond donors (Lipinski definition) is 2. The molecule has 74 valence electrons. The average molecular weight is 213 g/mol. The molecule has 1 aromatic carbocycles. The van der Waals surface area contributed by atoms with E-state index in [-0.39, 0.29) is 28.3 Å². The first-order chi connectivity index (χ1) is 6.60. The van der Waals surface area contributed by atoms with E-state index < -0.39 is 4.92 Å². The average Bonchev–Trinajstić information content (AvgIpc) is 2.17. The lowest BCUT2D eigenvalue weighted by Gasteiger charge is -2.03. The van der Waals surface area contributed by atoms with Crippen molar-refractivity contribution >= 4 is 24.6 Å². The van der Waals surface area contributed by atoms with E-state index in [0.717, 1.165) is 6.07 Å². The van der Waals surface area contributed by atoms with Gasteiger partial charge in [-0.2, -0.15) is 12.6 Å². The van der Waals surface area contributed by atoms with Crippen molar-refractivity contribution in [3.05, 3.63) is 33.4 Å². The van der Waals surface area contributed by atoms with E-state index in [2.05, 4.69) is 12.6 Å². The Bertz CT molecular complexity index is 391. The van der Waals surface area contributed by atoms with Gasteiger partial charge < -0.3 is 5.11 Å². The van der Waals surface area contributed by atoms with Gasteiger partial charge in [-0.1, -0.05) is 0 Å². The molecule has 0 unspecified atom stereocenters. The maximum atomic E-state index is 10.5. The summed E-state index contributed by atoms with van der Waals surface area (Å²) in [5.41, 5.74) is -0.0539. The zero-order valence-electron chi connectivity index (χ0n) is 7.01. The number of thiol groups is 1. The van der Waals surface area contributed by atoms with E-state index in [9.17, 15) is 20.0 Å². The molecule has 0 amide bonds. The van der Waals surface area contributed by atoms with Crippen LogP contribution in [0.15, 0.2) is 12.1 Å². The number of carbonyl (C=O) groups is 1. The van der Waals surface area contributed by atoms with Crippen molar-refractivity contribution in [3.8, 4) is 5.75 Å². The fraction of sp³-hybridized carbons (Fsp3) is 0.125. The Kier molecular flexibility index (Phi) is 3.08. The standard InChI is InChI=1S/C8H7NO4S/c10-3-5-1-7(9(12)13)2-6(4-14)8(5)11/h1-3,11,14H,4H2. The molecule has 0 spiro atoms. The van der Waals surface area contributed by atoms with Crippen molar-refractivity contribution in [2.75, 3.05) is 0 Å². The SMILES string of the molecule is O=Cc1cc([N+](=O)[O-])cc(CS)c1O. The second kappa shape index (κ2) is 4.10. The zero-order chi connectivity index (χ0) is 10.7. The zero-order valence-corrected chi connectivity index (χ0v) is 7.90. The Morgan fingerprint density at radius 3 is 2.64 bits per heavy atom. The summed E-state index contributed by atoms with van der Waals surface area (Å²) in [6.07, 6.45) is 0.370. The van der Waals surface area contributed by atoms with Crippen molar-refractivity contribution < 1.29 is 14.8 Å². The van der Waals surface area contributed by atoms with Gasteiger partial charge in [0.15, 0.2) is 6.29 Å². The van der Waals surface area contributed by atoms with Crippen LogP contribution in [0.3, 0.4) is 0 Å². The van der Waals surface area contributed by atoms with Gasteiger partial charge in [0, 0.05) is 23.4 Å². The predicted molar refractivity (Wildman–Crippen MR) is 52.8 cm³/mol. The van der Waals surface area contributed by atoms with Crippen molar-refractivity contribution in [2.45, 2.75) is 5.75 Å². The molecule has 5 nitrogen and oxygen atoms in total. The van der Waals surface area contributed by atoms with Gasteiger partial charge in [-0.15, -0.1) is 0 Å². The molecule has 0 heterocycles. The van der Waals surface area contributed by atoms with Gasteiger partial charge in [-0.25, -0.2) is 0 Å². The highest BCUT2D eigenvalue weighted by atomic mass is 32.1. The number of nitro groups is 1. The number of nitrogens with zero attached hydrogens (tertiary/aromatic N) is 1. The van der Waals surface area contributed by atoms with Crippen molar-refractivity contribution in [1.29, 1.82) is 0 Å². The summed E-state index contributed by atoms with van der Waals surface area (Å²) < 4.78 is 0. The predicted octanol–water partition coefficient (Wildman–Crippen LogP) is 1.54. The molecule has 0 saturated heterocycles. The molecule has 0 aliphatic carbocycles. The quantitative estimate of drug-likeness (QED) is 0.345. The summed E-state index contributed by atoms with van der Waals surface area (Å²) in [5, 5.41) is 19.8. The number of non-ortho nitro benzene ring substituents is 1. The van der Waals surface area contributed by atoms with Gasteiger partial charge in [0.1, 0.15) is 5.75 Å². The number of carbonyl (C=O) groups excluding carboxylic acids is 1. The second-order valence-electron chi connectivity index (χ2n) is 2.58. The number of nitro benzene ring substituents is 1. The van der Waals surface area contributed by atoms with Crippen LogP contribution in [0.5, 0.6) is 5.75 Å². The van der Waals surface area contributed by atoms with Gasteiger partial charge in [-0.3, -0.25) is 14.9 Å². The van der Waals surface area contributed by atoms with Crippen LogP contribution in [-0.2, 0) is 5.75 Å². The Balaban J connectivity index is 3.39. The topological polar surface area (TPSA) is 80.4 Å². The molecule has 0 atom stereocenters. The Morgan fingerprint density at radius 2 is 2.21 bits per heavy atom. The van der Waals surface area contributed by atoms with Crippen LogP contribution in [0.2, 0.25) is 0 Å². The molecule has 0 fully saturated rings. The molecule has 1 rings (SSSR count). The van der Waals surface area contributed by atoms with E-state index in [1.807, 2.05) is 0 Å². The largest absolute Gasteiger partial charge is 0.507 e.